The van der Waals surface area contributed by atoms with Gasteiger partial charge in [-0.1, -0.05) is 13.3 Å². The quantitative estimate of drug-likeness (QED) is 0.370. The average molecular weight is 407 g/mol. The van der Waals surface area contributed by atoms with Crippen molar-refractivity contribution in [2.24, 2.45) is 5.92 Å². The molecule has 158 valence electrons. The fraction of sp³-hybridized carbons (Fsp3) is 0.944. The third kappa shape index (κ3) is 5.14. The van der Waals surface area contributed by atoms with Crippen LogP contribution >= 0.6 is 11.8 Å². The van der Waals surface area contributed by atoms with Crippen LogP contribution in [-0.4, -0.2) is 99.1 Å². The van der Waals surface area contributed by atoms with E-state index in [-0.39, 0.29) is 11.9 Å². The molecule has 9 heteroatoms. The molecule has 5 N–H and O–H groups in total. The Morgan fingerprint density at radius 3 is 2.52 bits per heavy atom. The number of aliphatic hydroxyl groups excluding tert-OH is 4. The zero-order valence-corrected chi connectivity index (χ0v) is 17.3. The molecule has 2 rings (SSSR count). The SMILES string of the molecule is CCC[C@H]1C[C@H](C(=O)N[C@H]([C@H]2O[C@H](SC)[C@H](O)[C@@H](O)[C@H]2O)[C@@H](C)O)N(C)C1. The van der Waals surface area contributed by atoms with Gasteiger partial charge in [-0.15, -0.1) is 11.8 Å². The van der Waals surface area contributed by atoms with Gasteiger partial charge in [0.05, 0.1) is 18.2 Å². The monoisotopic (exact) mass is 406 g/mol. The molecule has 0 aromatic heterocycles. The first kappa shape index (κ1) is 22.9. The molecular formula is C18H34N2O6S. The smallest absolute Gasteiger partial charge is 0.237 e. The van der Waals surface area contributed by atoms with Crippen molar-refractivity contribution in [2.45, 2.75) is 81.1 Å². The van der Waals surface area contributed by atoms with E-state index in [1.165, 1.54) is 18.7 Å². The molecule has 2 saturated heterocycles. The maximum Gasteiger partial charge on any atom is 0.237 e. The van der Waals surface area contributed by atoms with Crippen LogP contribution in [0, 0.1) is 5.92 Å². The lowest BCUT2D eigenvalue weighted by molar-refractivity contribution is -0.211. The van der Waals surface area contributed by atoms with Crippen LogP contribution in [-0.2, 0) is 9.53 Å². The highest BCUT2D eigenvalue weighted by molar-refractivity contribution is 7.99. The number of likely N-dealkylation sites (N-methyl/N-ethyl adjacent to an activating group) is 1. The molecule has 2 fully saturated rings. The second-order valence-corrected chi connectivity index (χ2v) is 8.73. The zero-order valence-electron chi connectivity index (χ0n) is 16.5. The molecule has 0 unspecified atom stereocenters. The second kappa shape index (κ2) is 9.87. The van der Waals surface area contributed by atoms with E-state index in [1.807, 2.05) is 11.9 Å². The first-order valence-electron chi connectivity index (χ1n) is 9.62. The van der Waals surface area contributed by atoms with Gasteiger partial charge in [0.2, 0.25) is 5.91 Å². The van der Waals surface area contributed by atoms with Gasteiger partial charge >= 0.3 is 0 Å². The largest absolute Gasteiger partial charge is 0.391 e. The van der Waals surface area contributed by atoms with E-state index in [0.717, 1.165) is 25.8 Å². The van der Waals surface area contributed by atoms with Crippen molar-refractivity contribution in [3.05, 3.63) is 0 Å². The standard InChI is InChI=1S/C18H34N2O6S/c1-5-6-10-7-11(20(3)8-10)17(25)19-12(9(2)21)16-14(23)13(22)15(24)18(26-16)27-4/h9-16,18,21-24H,5-8H2,1-4H3,(H,19,25)/t9-,10+,11-,12+,13+,14-,15-,16-,18-/m1/s1. The zero-order chi connectivity index (χ0) is 20.3. The van der Waals surface area contributed by atoms with E-state index in [4.69, 9.17) is 4.74 Å². The molecule has 2 aliphatic rings. The summed E-state index contributed by atoms with van der Waals surface area (Å²) < 4.78 is 5.72. The van der Waals surface area contributed by atoms with Crippen LogP contribution in [0.25, 0.3) is 0 Å². The van der Waals surface area contributed by atoms with Gasteiger partial charge in [0.1, 0.15) is 29.9 Å². The maximum absolute atomic E-state index is 12.8. The highest BCUT2D eigenvalue weighted by Crippen LogP contribution is 2.30. The molecule has 0 radical (unpaired) electrons. The molecule has 27 heavy (non-hydrogen) atoms. The first-order valence-corrected chi connectivity index (χ1v) is 10.9. The van der Waals surface area contributed by atoms with Crippen molar-refractivity contribution in [3.8, 4) is 0 Å². The summed E-state index contributed by atoms with van der Waals surface area (Å²) in [6.07, 6.45) is -1.50. The van der Waals surface area contributed by atoms with Crippen molar-refractivity contribution in [2.75, 3.05) is 19.8 Å². The summed E-state index contributed by atoms with van der Waals surface area (Å²) in [5.41, 5.74) is -0.755. The molecule has 2 heterocycles. The van der Waals surface area contributed by atoms with Gasteiger partial charge in [-0.2, -0.15) is 0 Å². The normalized spacial score (nSPS) is 39.9. The fourth-order valence-corrected chi connectivity index (χ4v) is 4.81. The molecule has 0 aliphatic carbocycles. The van der Waals surface area contributed by atoms with E-state index in [2.05, 4.69) is 12.2 Å². The summed E-state index contributed by atoms with van der Waals surface area (Å²) in [5.74, 6) is 0.245. The van der Waals surface area contributed by atoms with Gasteiger partial charge in [0.25, 0.3) is 0 Å². The number of nitrogens with one attached hydrogen (secondary N) is 1. The number of nitrogens with zero attached hydrogens (tertiary/aromatic N) is 1. The summed E-state index contributed by atoms with van der Waals surface area (Å²) in [6, 6.07) is -1.20. The van der Waals surface area contributed by atoms with Gasteiger partial charge in [0.15, 0.2) is 0 Å². The van der Waals surface area contributed by atoms with Crippen LogP contribution in [0.1, 0.15) is 33.1 Å². The molecule has 8 nitrogen and oxygen atoms in total. The van der Waals surface area contributed by atoms with Crippen LogP contribution in [0.5, 0.6) is 0 Å². The topological polar surface area (TPSA) is 122 Å². The Morgan fingerprint density at radius 2 is 1.96 bits per heavy atom. The van der Waals surface area contributed by atoms with Crippen LogP contribution < -0.4 is 5.32 Å². The number of amides is 1. The summed E-state index contributed by atoms with van der Waals surface area (Å²) >= 11 is 1.20. The van der Waals surface area contributed by atoms with Gasteiger partial charge in [-0.25, -0.2) is 0 Å². The number of carbonyl (C=O) groups excluding carboxylic acids is 1. The molecule has 2 aliphatic heterocycles. The van der Waals surface area contributed by atoms with Crippen molar-refractivity contribution >= 4 is 17.7 Å². The van der Waals surface area contributed by atoms with Crippen molar-refractivity contribution in [1.82, 2.24) is 10.2 Å². The lowest BCUT2D eigenvalue weighted by atomic mass is 9.92. The lowest BCUT2D eigenvalue weighted by Crippen LogP contribution is -2.65. The third-order valence-electron chi connectivity index (χ3n) is 5.66. The van der Waals surface area contributed by atoms with E-state index >= 15 is 0 Å². The van der Waals surface area contributed by atoms with Crippen LogP contribution in [0.3, 0.4) is 0 Å². The Balaban J connectivity index is 2.09. The molecular weight excluding hydrogens is 372 g/mol. The number of thioether (sulfide) groups is 1. The second-order valence-electron chi connectivity index (χ2n) is 7.80. The van der Waals surface area contributed by atoms with Crippen LogP contribution in [0.2, 0.25) is 0 Å². The maximum atomic E-state index is 12.8. The molecule has 0 saturated carbocycles. The minimum absolute atomic E-state index is 0.223. The molecule has 0 spiro atoms. The number of hydrogen-bond donors (Lipinski definition) is 5. The Morgan fingerprint density at radius 1 is 1.30 bits per heavy atom. The van der Waals surface area contributed by atoms with Crippen LogP contribution in [0.4, 0.5) is 0 Å². The van der Waals surface area contributed by atoms with Crippen molar-refractivity contribution in [3.63, 3.8) is 0 Å². The Bertz CT molecular complexity index is 494. The summed E-state index contributed by atoms with van der Waals surface area (Å²) in [7, 11) is 1.91. The Hall–Kier alpha value is -0.420. The van der Waals surface area contributed by atoms with Crippen molar-refractivity contribution < 1.29 is 30.0 Å². The van der Waals surface area contributed by atoms with Gasteiger partial charge < -0.3 is 30.5 Å². The molecule has 1 amide bonds. The Kier molecular flexibility index (Phi) is 8.35. The number of carbonyl (C=O) groups is 1. The number of ether oxygens (including phenoxy) is 1. The molecule has 9 atom stereocenters. The van der Waals surface area contributed by atoms with Gasteiger partial charge in [-0.05, 0) is 39.0 Å². The van der Waals surface area contributed by atoms with E-state index < -0.39 is 42.0 Å². The van der Waals surface area contributed by atoms with Gasteiger partial charge in [-0.3, -0.25) is 9.69 Å². The predicted molar refractivity (Wildman–Crippen MR) is 103 cm³/mol. The van der Waals surface area contributed by atoms with E-state index in [0.29, 0.717) is 5.92 Å². The fourth-order valence-electron chi connectivity index (χ4n) is 4.13. The molecule has 0 bridgehead atoms. The minimum atomic E-state index is -1.42. The van der Waals surface area contributed by atoms with Gasteiger partial charge in [0, 0.05) is 6.54 Å². The van der Waals surface area contributed by atoms with E-state index in [9.17, 15) is 25.2 Å². The predicted octanol–water partition coefficient (Wildman–Crippen LogP) is -0.857. The molecule has 0 aromatic rings. The Labute approximate surface area is 165 Å². The highest BCUT2D eigenvalue weighted by atomic mass is 32.2. The van der Waals surface area contributed by atoms with Crippen molar-refractivity contribution in [1.29, 1.82) is 0 Å². The summed E-state index contributed by atoms with van der Waals surface area (Å²) in [5, 5.41) is 43.5. The number of aliphatic hydroxyl groups is 4. The highest BCUT2D eigenvalue weighted by Gasteiger charge is 2.48. The number of hydrogen-bond acceptors (Lipinski definition) is 8. The lowest BCUT2D eigenvalue weighted by Gasteiger charge is -2.44. The van der Waals surface area contributed by atoms with Crippen LogP contribution in [0.15, 0.2) is 0 Å². The molecule has 0 aromatic carbocycles. The number of likely N-dealkylation sites (tertiary alicyclic amines) is 1. The first-order chi connectivity index (χ1) is 12.7. The van der Waals surface area contributed by atoms with E-state index in [1.54, 1.807) is 6.26 Å². The summed E-state index contributed by atoms with van der Waals surface area (Å²) in [4.78, 5) is 14.9. The number of rotatable bonds is 7. The third-order valence-corrected chi connectivity index (χ3v) is 6.51. The summed E-state index contributed by atoms with van der Waals surface area (Å²) in [6.45, 7) is 4.48. The minimum Gasteiger partial charge on any atom is -0.391 e. The average Bonchev–Trinajstić information content (AvgIpc) is 2.99.